The number of likely N-dealkylation sites (N-methyl/N-ethyl adjacent to an activating group) is 1. The summed E-state index contributed by atoms with van der Waals surface area (Å²) in [5.74, 6) is -0.376. The fourth-order valence-electron chi connectivity index (χ4n) is 1.74. The van der Waals surface area contributed by atoms with Gasteiger partial charge < -0.3 is 10.0 Å². The predicted octanol–water partition coefficient (Wildman–Crippen LogP) is 1.82. The topological polar surface area (TPSA) is 40.5 Å². The van der Waals surface area contributed by atoms with E-state index >= 15 is 0 Å². The van der Waals surface area contributed by atoms with E-state index in [1.807, 2.05) is 37.3 Å². The summed E-state index contributed by atoms with van der Waals surface area (Å²) in [6.45, 7) is 3.03. The van der Waals surface area contributed by atoms with Crippen LogP contribution in [0.2, 0.25) is 0 Å². The fraction of sp³-hybridized carbons (Fsp3) is 0.250. The minimum atomic E-state index is -0.267. The van der Waals surface area contributed by atoms with Gasteiger partial charge in [-0.3, -0.25) is 4.79 Å². The lowest BCUT2D eigenvalue weighted by molar-refractivity contribution is -0.127. The zero-order valence-electron chi connectivity index (χ0n) is 8.60. The van der Waals surface area contributed by atoms with Gasteiger partial charge in [-0.25, -0.2) is 0 Å². The second kappa shape index (κ2) is 3.77. The van der Waals surface area contributed by atoms with Gasteiger partial charge in [0.1, 0.15) is 0 Å². The zero-order valence-corrected chi connectivity index (χ0v) is 8.60. The standard InChI is InChI=1S/C12H13NO2/c1-2-13-8-10(11(14)12(13)15)9-6-4-3-5-7-9/h3-7,14H,2,8H2,1H3. The Labute approximate surface area is 88.6 Å². The first-order valence-corrected chi connectivity index (χ1v) is 5.01. The Balaban J connectivity index is 2.36. The van der Waals surface area contributed by atoms with Crippen molar-refractivity contribution in [3.8, 4) is 0 Å². The first-order chi connectivity index (χ1) is 7.24. The van der Waals surface area contributed by atoms with Crippen LogP contribution >= 0.6 is 0 Å². The number of amides is 1. The molecule has 0 aromatic heterocycles. The summed E-state index contributed by atoms with van der Waals surface area (Å²) in [7, 11) is 0. The van der Waals surface area contributed by atoms with Gasteiger partial charge in [-0.2, -0.15) is 0 Å². The van der Waals surface area contributed by atoms with Crippen molar-refractivity contribution >= 4 is 11.5 Å². The van der Waals surface area contributed by atoms with Gasteiger partial charge in [-0.15, -0.1) is 0 Å². The molecule has 1 aromatic carbocycles. The van der Waals surface area contributed by atoms with Crippen LogP contribution in [0.25, 0.3) is 5.57 Å². The molecule has 0 aliphatic carbocycles. The van der Waals surface area contributed by atoms with Crippen molar-refractivity contribution in [2.24, 2.45) is 0 Å². The van der Waals surface area contributed by atoms with Gasteiger partial charge in [0, 0.05) is 12.1 Å². The van der Waals surface area contributed by atoms with Gasteiger partial charge in [0.2, 0.25) is 0 Å². The summed E-state index contributed by atoms with van der Waals surface area (Å²) in [5, 5.41) is 9.70. The van der Waals surface area contributed by atoms with E-state index in [1.54, 1.807) is 4.90 Å². The molecule has 1 N–H and O–H groups in total. The second-order valence-electron chi connectivity index (χ2n) is 3.51. The van der Waals surface area contributed by atoms with Crippen molar-refractivity contribution in [1.29, 1.82) is 0 Å². The number of carbonyl (C=O) groups excluding carboxylic acids is 1. The third-order valence-electron chi connectivity index (χ3n) is 2.63. The molecule has 1 aliphatic heterocycles. The van der Waals surface area contributed by atoms with Crippen molar-refractivity contribution in [2.45, 2.75) is 6.92 Å². The minimum Gasteiger partial charge on any atom is -0.503 e. The van der Waals surface area contributed by atoms with Crippen LogP contribution in [-0.4, -0.2) is 29.0 Å². The number of hydrogen-bond donors (Lipinski definition) is 1. The van der Waals surface area contributed by atoms with E-state index in [-0.39, 0.29) is 11.7 Å². The molecule has 0 saturated carbocycles. The Hall–Kier alpha value is -1.77. The van der Waals surface area contributed by atoms with Crippen molar-refractivity contribution in [3.63, 3.8) is 0 Å². The molecule has 1 aromatic rings. The molecular weight excluding hydrogens is 190 g/mol. The van der Waals surface area contributed by atoms with E-state index in [9.17, 15) is 9.90 Å². The summed E-state index contributed by atoms with van der Waals surface area (Å²) < 4.78 is 0. The lowest BCUT2D eigenvalue weighted by Crippen LogP contribution is -2.26. The molecule has 1 heterocycles. The highest BCUT2D eigenvalue weighted by Crippen LogP contribution is 2.25. The monoisotopic (exact) mass is 203 g/mol. The van der Waals surface area contributed by atoms with Crippen molar-refractivity contribution in [1.82, 2.24) is 4.90 Å². The first-order valence-electron chi connectivity index (χ1n) is 5.01. The smallest absolute Gasteiger partial charge is 0.289 e. The van der Waals surface area contributed by atoms with Crippen molar-refractivity contribution in [3.05, 3.63) is 41.7 Å². The maximum atomic E-state index is 11.5. The van der Waals surface area contributed by atoms with E-state index in [2.05, 4.69) is 0 Å². The number of carbonyl (C=O) groups is 1. The maximum Gasteiger partial charge on any atom is 0.289 e. The SMILES string of the molecule is CCN1CC(c2ccccc2)=C(O)C1=O. The zero-order chi connectivity index (χ0) is 10.8. The van der Waals surface area contributed by atoms with E-state index in [0.717, 1.165) is 11.1 Å². The predicted molar refractivity (Wildman–Crippen MR) is 58.2 cm³/mol. The molecule has 0 unspecified atom stereocenters. The van der Waals surface area contributed by atoms with Crippen LogP contribution in [0.1, 0.15) is 12.5 Å². The number of aliphatic hydroxyl groups is 1. The normalized spacial score (nSPS) is 16.3. The van der Waals surface area contributed by atoms with E-state index in [1.165, 1.54) is 0 Å². The number of hydrogen-bond acceptors (Lipinski definition) is 2. The highest BCUT2D eigenvalue weighted by molar-refractivity contribution is 6.03. The van der Waals surface area contributed by atoms with Crippen molar-refractivity contribution < 1.29 is 9.90 Å². The maximum absolute atomic E-state index is 11.5. The molecule has 0 bridgehead atoms. The van der Waals surface area contributed by atoms with Crippen molar-refractivity contribution in [2.75, 3.05) is 13.1 Å². The van der Waals surface area contributed by atoms with Gasteiger partial charge in [-0.05, 0) is 12.5 Å². The second-order valence-corrected chi connectivity index (χ2v) is 3.51. The van der Waals surface area contributed by atoms with Crippen LogP contribution in [0, 0.1) is 0 Å². The molecule has 0 atom stereocenters. The van der Waals surface area contributed by atoms with Crippen LogP contribution in [0.5, 0.6) is 0 Å². The summed E-state index contributed by atoms with van der Waals surface area (Å²) in [6, 6.07) is 9.51. The van der Waals surface area contributed by atoms with Crippen LogP contribution in [0.4, 0.5) is 0 Å². The molecule has 3 heteroatoms. The highest BCUT2D eigenvalue weighted by Gasteiger charge is 2.29. The highest BCUT2D eigenvalue weighted by atomic mass is 16.3. The van der Waals surface area contributed by atoms with Gasteiger partial charge in [0.05, 0.1) is 6.54 Å². The summed E-state index contributed by atoms with van der Waals surface area (Å²) in [5.41, 5.74) is 1.64. The number of aliphatic hydroxyl groups excluding tert-OH is 1. The summed E-state index contributed by atoms with van der Waals surface area (Å²) in [6.07, 6.45) is 0. The lowest BCUT2D eigenvalue weighted by atomic mass is 10.1. The lowest BCUT2D eigenvalue weighted by Gasteiger charge is -2.12. The third kappa shape index (κ3) is 1.61. The molecule has 3 nitrogen and oxygen atoms in total. The van der Waals surface area contributed by atoms with Gasteiger partial charge in [-0.1, -0.05) is 30.3 Å². The molecule has 0 saturated heterocycles. The van der Waals surface area contributed by atoms with E-state index < -0.39 is 0 Å². The van der Waals surface area contributed by atoms with Crippen LogP contribution in [0.15, 0.2) is 36.1 Å². The van der Waals surface area contributed by atoms with Crippen LogP contribution < -0.4 is 0 Å². The van der Waals surface area contributed by atoms with E-state index in [4.69, 9.17) is 0 Å². The van der Waals surface area contributed by atoms with Gasteiger partial charge >= 0.3 is 0 Å². The summed E-state index contributed by atoms with van der Waals surface area (Å²) >= 11 is 0. The molecule has 15 heavy (non-hydrogen) atoms. The molecule has 2 rings (SSSR count). The number of benzene rings is 1. The Morgan fingerprint density at radius 3 is 2.53 bits per heavy atom. The average molecular weight is 203 g/mol. The fourth-order valence-corrected chi connectivity index (χ4v) is 1.74. The molecule has 0 radical (unpaired) electrons. The molecule has 0 spiro atoms. The van der Waals surface area contributed by atoms with E-state index in [0.29, 0.717) is 13.1 Å². The largest absolute Gasteiger partial charge is 0.503 e. The molecule has 1 amide bonds. The molecule has 1 aliphatic rings. The molecular formula is C12H13NO2. The minimum absolute atomic E-state index is 0.108. The molecule has 78 valence electrons. The Morgan fingerprint density at radius 1 is 1.33 bits per heavy atom. The Kier molecular flexibility index (Phi) is 2.46. The van der Waals surface area contributed by atoms with Crippen LogP contribution in [0.3, 0.4) is 0 Å². The Bertz CT molecular complexity index is 409. The summed E-state index contributed by atoms with van der Waals surface area (Å²) in [4.78, 5) is 13.2. The number of nitrogens with zero attached hydrogens (tertiary/aromatic N) is 1. The van der Waals surface area contributed by atoms with Gasteiger partial charge in [0.15, 0.2) is 5.76 Å². The third-order valence-corrected chi connectivity index (χ3v) is 2.63. The quantitative estimate of drug-likeness (QED) is 0.796. The molecule has 0 fully saturated rings. The average Bonchev–Trinajstić information content (AvgIpc) is 2.57. The number of rotatable bonds is 2. The van der Waals surface area contributed by atoms with Gasteiger partial charge in [0.25, 0.3) is 5.91 Å². The van der Waals surface area contributed by atoms with Crippen LogP contribution in [-0.2, 0) is 4.79 Å². The first kappa shape index (κ1) is 9.77. The Morgan fingerprint density at radius 2 is 2.00 bits per heavy atom.